The zero-order valence-electron chi connectivity index (χ0n) is 14.4. The minimum atomic E-state index is -0.685. The highest BCUT2D eigenvalue weighted by molar-refractivity contribution is 5.84. The van der Waals surface area contributed by atoms with E-state index in [4.69, 9.17) is 4.74 Å². The van der Waals surface area contributed by atoms with Crippen LogP contribution < -0.4 is 9.80 Å². The third-order valence-corrected chi connectivity index (χ3v) is 3.67. The predicted molar refractivity (Wildman–Crippen MR) is 88.0 cm³/mol. The fourth-order valence-electron chi connectivity index (χ4n) is 2.41. The van der Waals surface area contributed by atoms with Crippen LogP contribution in [0.15, 0.2) is 6.33 Å². The molecule has 1 saturated heterocycles. The number of anilines is 2. The number of hydrogen-bond donors (Lipinski definition) is 0. The van der Waals surface area contributed by atoms with E-state index < -0.39 is 35.6 Å². The Morgan fingerprint density at radius 3 is 2.31 bits per heavy atom. The van der Waals surface area contributed by atoms with Gasteiger partial charge in [0.25, 0.3) is 0 Å². The van der Waals surface area contributed by atoms with Crippen molar-refractivity contribution in [1.29, 1.82) is 0 Å². The van der Waals surface area contributed by atoms with Crippen molar-refractivity contribution in [1.82, 2.24) is 9.97 Å². The summed E-state index contributed by atoms with van der Waals surface area (Å²) in [6, 6.07) is 0. The van der Waals surface area contributed by atoms with Crippen LogP contribution in [0.2, 0.25) is 0 Å². The lowest BCUT2D eigenvalue weighted by Gasteiger charge is -2.28. The molecule has 142 valence electrons. The topological polar surface area (TPSA) is 137 Å². The lowest BCUT2D eigenvalue weighted by atomic mass is 10.3. The van der Waals surface area contributed by atoms with E-state index in [1.807, 2.05) is 0 Å². The van der Waals surface area contributed by atoms with Gasteiger partial charge in [-0.25, -0.2) is 9.97 Å². The second-order valence-corrected chi connectivity index (χ2v) is 5.23. The Morgan fingerprint density at radius 1 is 1.23 bits per heavy atom. The van der Waals surface area contributed by atoms with Crippen LogP contribution in [0.25, 0.3) is 0 Å². The summed E-state index contributed by atoms with van der Waals surface area (Å²) in [6.07, 6.45) is 1.15. The molecule has 2 rings (SSSR count). The highest BCUT2D eigenvalue weighted by Gasteiger charge is 2.32. The van der Waals surface area contributed by atoms with Crippen molar-refractivity contribution in [2.24, 2.45) is 0 Å². The van der Waals surface area contributed by atoms with Crippen molar-refractivity contribution in [2.75, 3.05) is 63.4 Å². The number of carbonyl (C=O) groups excluding carboxylic acids is 2. The van der Waals surface area contributed by atoms with Crippen LogP contribution in [0.1, 0.15) is 0 Å². The van der Waals surface area contributed by atoms with Gasteiger partial charge in [0, 0.05) is 13.1 Å². The minimum absolute atomic E-state index is 0.100. The third-order valence-electron chi connectivity index (χ3n) is 3.67. The fourth-order valence-corrected chi connectivity index (χ4v) is 2.41. The maximum atomic E-state index is 11.7. The number of ether oxygens (including phenoxy) is 3. The first-order valence-electron chi connectivity index (χ1n) is 7.68. The fraction of sp³-hybridized carbons (Fsp3) is 0.571. The molecule has 0 N–H and O–H groups in total. The van der Waals surface area contributed by atoms with E-state index in [-0.39, 0.29) is 11.6 Å². The Labute approximate surface area is 148 Å². The van der Waals surface area contributed by atoms with Crippen molar-refractivity contribution in [3.63, 3.8) is 0 Å². The van der Waals surface area contributed by atoms with E-state index in [1.165, 1.54) is 14.2 Å². The first-order valence-corrected chi connectivity index (χ1v) is 7.68. The number of rotatable bonds is 7. The summed E-state index contributed by atoms with van der Waals surface area (Å²) in [7, 11) is 2.35. The second-order valence-electron chi connectivity index (χ2n) is 5.23. The van der Waals surface area contributed by atoms with Gasteiger partial charge in [0.05, 0.1) is 32.4 Å². The zero-order valence-corrected chi connectivity index (χ0v) is 14.4. The van der Waals surface area contributed by atoms with Crippen LogP contribution in [0.3, 0.4) is 0 Å². The summed E-state index contributed by atoms with van der Waals surface area (Å²) in [5.74, 6) is -1.44. The summed E-state index contributed by atoms with van der Waals surface area (Å²) in [5.41, 5.74) is -0.401. The molecule has 0 radical (unpaired) electrons. The quantitative estimate of drug-likeness (QED) is 0.345. The molecule has 0 aliphatic carbocycles. The summed E-state index contributed by atoms with van der Waals surface area (Å²) in [5, 5.41) is 11.7. The highest BCUT2D eigenvalue weighted by atomic mass is 16.6. The lowest BCUT2D eigenvalue weighted by Crippen LogP contribution is -2.39. The molecule has 1 fully saturated rings. The molecule has 12 nitrogen and oxygen atoms in total. The number of carbonyl (C=O) groups is 2. The van der Waals surface area contributed by atoms with Crippen molar-refractivity contribution >= 4 is 29.3 Å². The van der Waals surface area contributed by atoms with Crippen LogP contribution in [0.5, 0.6) is 0 Å². The number of morpholine rings is 1. The van der Waals surface area contributed by atoms with Gasteiger partial charge in [-0.2, -0.15) is 0 Å². The van der Waals surface area contributed by atoms with E-state index in [9.17, 15) is 19.7 Å². The number of esters is 2. The molecule has 1 aromatic heterocycles. The number of nitro groups is 1. The minimum Gasteiger partial charge on any atom is -0.468 e. The molecule has 0 atom stereocenters. The molecule has 26 heavy (non-hydrogen) atoms. The van der Waals surface area contributed by atoms with Crippen LogP contribution >= 0.6 is 0 Å². The first kappa shape index (κ1) is 19.3. The largest absolute Gasteiger partial charge is 0.468 e. The summed E-state index contributed by atoms with van der Waals surface area (Å²) in [6.45, 7) is 0.837. The molecule has 0 saturated carbocycles. The first-order chi connectivity index (χ1) is 12.5. The van der Waals surface area contributed by atoms with Gasteiger partial charge in [0.1, 0.15) is 19.4 Å². The van der Waals surface area contributed by atoms with Crippen LogP contribution in [-0.2, 0) is 23.8 Å². The van der Waals surface area contributed by atoms with Gasteiger partial charge < -0.3 is 24.0 Å². The predicted octanol–water partition coefficient (Wildman–Crippen LogP) is -0.626. The molecule has 0 spiro atoms. The molecule has 0 bridgehead atoms. The third kappa shape index (κ3) is 4.53. The monoisotopic (exact) mass is 369 g/mol. The standard InChI is InChI=1S/C14H19N5O7/c1-24-10(20)7-18(8-11(21)25-2)14-12(19(22)23)13(15-9-16-14)17-3-5-26-6-4-17/h9H,3-8H2,1-2H3. The van der Waals surface area contributed by atoms with Gasteiger partial charge in [-0.05, 0) is 0 Å². The normalized spacial score (nSPS) is 13.8. The molecule has 0 amide bonds. The molecule has 2 heterocycles. The zero-order chi connectivity index (χ0) is 19.1. The Hall–Kier alpha value is -3.02. The molecule has 0 unspecified atom stereocenters. The van der Waals surface area contributed by atoms with E-state index in [1.54, 1.807) is 4.90 Å². The molecule has 0 aromatic carbocycles. The Balaban J connectivity index is 2.46. The van der Waals surface area contributed by atoms with Crippen LogP contribution in [0, 0.1) is 10.1 Å². The number of aromatic nitrogens is 2. The van der Waals surface area contributed by atoms with Gasteiger partial charge in [0.2, 0.25) is 11.6 Å². The molecule has 1 aromatic rings. The smallest absolute Gasteiger partial charge is 0.353 e. The van der Waals surface area contributed by atoms with Crippen molar-refractivity contribution in [3.8, 4) is 0 Å². The molecular weight excluding hydrogens is 350 g/mol. The van der Waals surface area contributed by atoms with Gasteiger partial charge >= 0.3 is 17.6 Å². The summed E-state index contributed by atoms with van der Waals surface area (Å²) >= 11 is 0. The van der Waals surface area contributed by atoms with E-state index in [0.29, 0.717) is 26.3 Å². The van der Waals surface area contributed by atoms with E-state index in [0.717, 1.165) is 11.2 Å². The summed E-state index contributed by atoms with van der Waals surface area (Å²) < 4.78 is 14.4. The Morgan fingerprint density at radius 2 is 1.81 bits per heavy atom. The maximum absolute atomic E-state index is 11.7. The van der Waals surface area contributed by atoms with Gasteiger partial charge in [-0.3, -0.25) is 19.7 Å². The SMILES string of the molecule is COC(=O)CN(CC(=O)OC)c1ncnc(N2CCOCC2)c1[N+](=O)[O-]. The number of hydrogen-bond acceptors (Lipinski definition) is 11. The summed E-state index contributed by atoms with van der Waals surface area (Å²) in [4.78, 5) is 45.2. The van der Waals surface area contributed by atoms with Crippen molar-refractivity contribution < 1.29 is 28.7 Å². The molecule has 12 heteroatoms. The Kier molecular flexibility index (Phi) is 6.60. The molecular formula is C14H19N5O7. The van der Waals surface area contributed by atoms with Gasteiger partial charge in [0.15, 0.2) is 0 Å². The second kappa shape index (κ2) is 8.89. The molecule has 1 aliphatic heterocycles. The van der Waals surface area contributed by atoms with E-state index >= 15 is 0 Å². The maximum Gasteiger partial charge on any atom is 0.353 e. The average Bonchev–Trinajstić information content (AvgIpc) is 2.67. The van der Waals surface area contributed by atoms with Gasteiger partial charge in [-0.15, -0.1) is 0 Å². The molecule has 1 aliphatic rings. The van der Waals surface area contributed by atoms with E-state index in [2.05, 4.69) is 19.4 Å². The number of nitrogens with zero attached hydrogens (tertiary/aromatic N) is 5. The van der Waals surface area contributed by atoms with Crippen molar-refractivity contribution in [3.05, 3.63) is 16.4 Å². The Bertz CT molecular complexity index is 660. The van der Waals surface area contributed by atoms with Crippen molar-refractivity contribution in [2.45, 2.75) is 0 Å². The number of methoxy groups -OCH3 is 2. The van der Waals surface area contributed by atoms with Crippen LogP contribution in [0.4, 0.5) is 17.3 Å². The highest BCUT2D eigenvalue weighted by Crippen LogP contribution is 2.34. The van der Waals surface area contributed by atoms with Crippen LogP contribution in [-0.4, -0.2) is 80.4 Å². The van der Waals surface area contributed by atoms with Gasteiger partial charge in [-0.1, -0.05) is 0 Å². The lowest BCUT2D eigenvalue weighted by molar-refractivity contribution is -0.383. The average molecular weight is 369 g/mol.